The highest BCUT2D eigenvalue weighted by atomic mass is 16.5. The first-order valence-corrected chi connectivity index (χ1v) is 8.27. The molecule has 24 heavy (non-hydrogen) atoms. The van der Waals surface area contributed by atoms with Gasteiger partial charge in [0.25, 0.3) is 0 Å². The van der Waals surface area contributed by atoms with Crippen LogP contribution in [0.15, 0.2) is 10.7 Å². The molecular weight excluding hydrogens is 310 g/mol. The lowest BCUT2D eigenvalue weighted by molar-refractivity contribution is -0.139. The van der Waals surface area contributed by atoms with Gasteiger partial charge in [-0.1, -0.05) is 12.1 Å². The van der Waals surface area contributed by atoms with Crippen molar-refractivity contribution in [3.63, 3.8) is 0 Å². The summed E-state index contributed by atoms with van der Waals surface area (Å²) in [5.74, 6) is 2.12. The van der Waals surface area contributed by atoms with Crippen LogP contribution in [0.2, 0.25) is 0 Å². The molecule has 1 fully saturated rings. The van der Waals surface area contributed by atoms with E-state index in [9.17, 15) is 4.79 Å². The highest BCUT2D eigenvalue weighted by Crippen LogP contribution is 2.22. The van der Waals surface area contributed by atoms with Gasteiger partial charge < -0.3 is 18.7 Å². The topological polar surface area (TPSA) is 86.3 Å². The number of carbonyl (C=O) groups is 1. The molecule has 1 amide bonds. The fourth-order valence-electron chi connectivity index (χ4n) is 2.87. The Bertz CT molecular complexity index is 708. The SMILES string of the molecule is CCc1noc(CCC(=O)N2CCO[C@H](c3nc(C)cn3C)C2)n1. The van der Waals surface area contributed by atoms with E-state index in [2.05, 4.69) is 15.1 Å². The standard InChI is InChI=1S/C16H23N5O3/c1-4-13-18-14(24-19-13)5-6-15(22)21-7-8-23-12(10-21)16-17-11(2)9-20(16)3/h9,12H,4-8,10H2,1-3H3/t12-/m0/s1. The van der Waals surface area contributed by atoms with Crippen LogP contribution >= 0.6 is 0 Å². The third-order valence-electron chi connectivity index (χ3n) is 4.12. The molecule has 0 aromatic carbocycles. The number of imidazole rings is 1. The second-order valence-electron chi connectivity index (χ2n) is 6.01. The molecule has 0 unspecified atom stereocenters. The van der Waals surface area contributed by atoms with Gasteiger partial charge in [-0.2, -0.15) is 4.98 Å². The van der Waals surface area contributed by atoms with E-state index in [1.54, 1.807) is 0 Å². The third-order valence-corrected chi connectivity index (χ3v) is 4.12. The second kappa shape index (κ2) is 7.12. The van der Waals surface area contributed by atoms with Gasteiger partial charge in [0.05, 0.1) is 18.8 Å². The first-order valence-electron chi connectivity index (χ1n) is 8.27. The Balaban J connectivity index is 1.57. The fraction of sp³-hybridized carbons (Fsp3) is 0.625. The van der Waals surface area contributed by atoms with E-state index in [-0.39, 0.29) is 12.0 Å². The molecule has 2 aromatic heterocycles. The average molecular weight is 333 g/mol. The minimum Gasteiger partial charge on any atom is -0.367 e. The lowest BCUT2D eigenvalue weighted by Gasteiger charge is -2.32. The number of nitrogens with zero attached hydrogens (tertiary/aromatic N) is 5. The van der Waals surface area contributed by atoms with E-state index in [4.69, 9.17) is 9.26 Å². The van der Waals surface area contributed by atoms with E-state index < -0.39 is 0 Å². The zero-order chi connectivity index (χ0) is 17.1. The number of hydrogen-bond donors (Lipinski definition) is 0. The van der Waals surface area contributed by atoms with Crippen molar-refractivity contribution in [3.05, 3.63) is 29.4 Å². The molecule has 2 aromatic rings. The van der Waals surface area contributed by atoms with E-state index in [1.807, 2.05) is 36.6 Å². The maximum Gasteiger partial charge on any atom is 0.227 e. The summed E-state index contributed by atoms with van der Waals surface area (Å²) in [6, 6.07) is 0. The first kappa shape index (κ1) is 16.6. The van der Waals surface area contributed by atoms with Gasteiger partial charge in [0.2, 0.25) is 11.8 Å². The van der Waals surface area contributed by atoms with Crippen LogP contribution in [0.5, 0.6) is 0 Å². The van der Waals surface area contributed by atoms with Gasteiger partial charge in [0.1, 0.15) is 11.9 Å². The largest absolute Gasteiger partial charge is 0.367 e. The highest BCUT2D eigenvalue weighted by Gasteiger charge is 2.28. The lowest BCUT2D eigenvalue weighted by Crippen LogP contribution is -2.43. The van der Waals surface area contributed by atoms with Gasteiger partial charge >= 0.3 is 0 Å². The molecule has 0 saturated carbocycles. The lowest BCUT2D eigenvalue weighted by atomic mass is 10.2. The predicted octanol–water partition coefficient (Wildman–Crippen LogP) is 1.21. The molecule has 1 aliphatic rings. The Morgan fingerprint density at radius 2 is 2.25 bits per heavy atom. The molecule has 1 aliphatic heterocycles. The summed E-state index contributed by atoms with van der Waals surface area (Å²) >= 11 is 0. The number of morpholine rings is 1. The molecule has 0 N–H and O–H groups in total. The number of aromatic nitrogens is 4. The van der Waals surface area contributed by atoms with Crippen molar-refractivity contribution in [3.8, 4) is 0 Å². The summed E-state index contributed by atoms with van der Waals surface area (Å²) in [5, 5.41) is 3.85. The van der Waals surface area contributed by atoms with Gasteiger partial charge in [0.15, 0.2) is 5.82 Å². The van der Waals surface area contributed by atoms with Gasteiger partial charge in [-0.05, 0) is 6.92 Å². The van der Waals surface area contributed by atoms with Crippen LogP contribution in [-0.2, 0) is 29.4 Å². The van der Waals surface area contributed by atoms with Crippen LogP contribution in [0.25, 0.3) is 0 Å². The van der Waals surface area contributed by atoms with Crippen LogP contribution < -0.4 is 0 Å². The van der Waals surface area contributed by atoms with Crippen molar-refractivity contribution >= 4 is 5.91 Å². The zero-order valence-electron chi connectivity index (χ0n) is 14.4. The summed E-state index contributed by atoms with van der Waals surface area (Å²) in [5.41, 5.74) is 0.947. The zero-order valence-corrected chi connectivity index (χ0v) is 14.4. The average Bonchev–Trinajstić information content (AvgIpc) is 3.18. The Labute approximate surface area is 140 Å². The van der Waals surface area contributed by atoms with Crippen molar-refractivity contribution < 1.29 is 14.1 Å². The number of hydrogen-bond acceptors (Lipinski definition) is 6. The third kappa shape index (κ3) is 3.64. The normalized spacial score (nSPS) is 18.1. The maximum absolute atomic E-state index is 12.5. The number of aryl methyl sites for hydroxylation is 4. The van der Waals surface area contributed by atoms with Gasteiger partial charge in [-0.25, -0.2) is 4.98 Å². The van der Waals surface area contributed by atoms with Gasteiger partial charge in [-0.3, -0.25) is 4.79 Å². The molecule has 0 radical (unpaired) electrons. The summed E-state index contributed by atoms with van der Waals surface area (Å²) in [4.78, 5) is 23.0. The molecule has 0 spiro atoms. The predicted molar refractivity (Wildman–Crippen MR) is 85.2 cm³/mol. The quantitative estimate of drug-likeness (QED) is 0.817. The van der Waals surface area contributed by atoms with Crippen LogP contribution in [0.4, 0.5) is 0 Å². The molecule has 0 bridgehead atoms. The van der Waals surface area contributed by atoms with Crippen molar-refractivity contribution in [2.75, 3.05) is 19.7 Å². The molecule has 0 aliphatic carbocycles. The van der Waals surface area contributed by atoms with Crippen molar-refractivity contribution in [2.45, 2.75) is 39.2 Å². The number of carbonyl (C=O) groups excluding carboxylic acids is 1. The van der Waals surface area contributed by atoms with Crippen molar-refractivity contribution in [2.24, 2.45) is 7.05 Å². The Kier molecular flexibility index (Phi) is 4.94. The molecule has 3 rings (SSSR count). The summed E-state index contributed by atoms with van der Waals surface area (Å²) in [7, 11) is 1.94. The summed E-state index contributed by atoms with van der Waals surface area (Å²) in [6.07, 6.45) is 3.33. The highest BCUT2D eigenvalue weighted by molar-refractivity contribution is 5.76. The first-order chi connectivity index (χ1) is 11.6. The molecule has 1 atom stereocenters. The monoisotopic (exact) mass is 333 g/mol. The molecule has 8 nitrogen and oxygen atoms in total. The summed E-state index contributed by atoms with van der Waals surface area (Å²) < 4.78 is 12.9. The molecule has 8 heteroatoms. The molecular formula is C16H23N5O3. The molecule has 3 heterocycles. The minimum absolute atomic E-state index is 0.0745. The molecule has 130 valence electrons. The number of ether oxygens (including phenoxy) is 1. The molecule has 1 saturated heterocycles. The van der Waals surface area contributed by atoms with Crippen LogP contribution in [-0.4, -0.2) is 50.2 Å². The van der Waals surface area contributed by atoms with E-state index in [0.717, 1.165) is 17.9 Å². The van der Waals surface area contributed by atoms with Crippen molar-refractivity contribution in [1.29, 1.82) is 0 Å². The number of rotatable bonds is 5. The van der Waals surface area contributed by atoms with Gasteiger partial charge in [-0.15, -0.1) is 0 Å². The fourth-order valence-corrected chi connectivity index (χ4v) is 2.87. The Morgan fingerprint density at radius 1 is 1.42 bits per heavy atom. The second-order valence-corrected chi connectivity index (χ2v) is 6.01. The van der Waals surface area contributed by atoms with Crippen molar-refractivity contribution in [1.82, 2.24) is 24.6 Å². The van der Waals surface area contributed by atoms with Crippen LogP contribution in [0.3, 0.4) is 0 Å². The Hall–Kier alpha value is -2.22. The van der Waals surface area contributed by atoms with Crippen LogP contribution in [0, 0.1) is 6.92 Å². The number of amides is 1. The smallest absolute Gasteiger partial charge is 0.227 e. The van der Waals surface area contributed by atoms with E-state index in [1.165, 1.54) is 0 Å². The van der Waals surface area contributed by atoms with E-state index >= 15 is 0 Å². The van der Waals surface area contributed by atoms with E-state index in [0.29, 0.717) is 44.3 Å². The van der Waals surface area contributed by atoms with Crippen LogP contribution in [0.1, 0.15) is 42.7 Å². The minimum atomic E-state index is -0.184. The Morgan fingerprint density at radius 3 is 2.92 bits per heavy atom. The maximum atomic E-state index is 12.5. The summed E-state index contributed by atoms with van der Waals surface area (Å²) in [6.45, 7) is 5.55. The van der Waals surface area contributed by atoms with Gasteiger partial charge in [0, 0.05) is 39.1 Å².